The monoisotopic (exact) mass is 367 g/mol. The first kappa shape index (κ1) is 18.2. The van der Waals surface area contributed by atoms with Crippen LogP contribution in [0.2, 0.25) is 5.02 Å². The quantitative estimate of drug-likeness (QED) is 0.615. The van der Waals surface area contributed by atoms with Gasteiger partial charge in [0.25, 0.3) is 0 Å². The van der Waals surface area contributed by atoms with Gasteiger partial charge in [-0.3, -0.25) is 4.57 Å². The lowest BCUT2D eigenvalue weighted by molar-refractivity contribution is 0.141. The molecule has 0 aliphatic heterocycles. The zero-order valence-electron chi connectivity index (χ0n) is 15.2. The fourth-order valence-electron chi connectivity index (χ4n) is 2.69. The predicted octanol–water partition coefficient (Wildman–Crippen LogP) is 5.47. The summed E-state index contributed by atoms with van der Waals surface area (Å²) >= 11 is 5.94. The smallest absolute Gasteiger partial charge is 0.315 e. The molecule has 5 heteroatoms. The molecule has 0 saturated carbocycles. The van der Waals surface area contributed by atoms with Crippen LogP contribution in [0.15, 0.2) is 67.1 Å². The van der Waals surface area contributed by atoms with Gasteiger partial charge in [-0.25, -0.2) is 9.78 Å². The highest BCUT2D eigenvalue weighted by molar-refractivity contribution is 6.30. The highest BCUT2D eigenvalue weighted by Gasteiger charge is 2.28. The fraction of sp³-hybridized carbons (Fsp3) is 0.238. The summed E-state index contributed by atoms with van der Waals surface area (Å²) in [5.41, 5.74) is 2.43. The third kappa shape index (κ3) is 4.14. The maximum absolute atomic E-state index is 13.1. The minimum atomic E-state index is -0.322. The number of amides is 1. The van der Waals surface area contributed by atoms with Crippen LogP contribution in [-0.2, 0) is 6.54 Å². The zero-order valence-corrected chi connectivity index (χ0v) is 15.9. The fourth-order valence-corrected chi connectivity index (χ4v) is 2.82. The van der Waals surface area contributed by atoms with Crippen molar-refractivity contribution in [1.82, 2.24) is 14.5 Å². The average Bonchev–Trinajstić information content (AvgIpc) is 3.10. The Morgan fingerprint density at radius 2 is 1.73 bits per heavy atom. The van der Waals surface area contributed by atoms with Gasteiger partial charge in [0.1, 0.15) is 6.33 Å². The highest BCUT2D eigenvalue weighted by atomic mass is 35.5. The number of aromatic nitrogens is 2. The van der Waals surface area contributed by atoms with Gasteiger partial charge >= 0.3 is 6.03 Å². The van der Waals surface area contributed by atoms with E-state index in [-0.39, 0.29) is 11.6 Å². The summed E-state index contributed by atoms with van der Waals surface area (Å²) in [6.45, 7) is 6.64. The molecule has 2 aromatic carbocycles. The molecular formula is C21H22ClN3O. The molecule has 1 aromatic heterocycles. The molecule has 134 valence electrons. The van der Waals surface area contributed by atoms with E-state index in [0.29, 0.717) is 11.6 Å². The first-order valence-corrected chi connectivity index (χ1v) is 8.88. The van der Waals surface area contributed by atoms with E-state index in [1.807, 2.05) is 80.3 Å². The molecule has 26 heavy (non-hydrogen) atoms. The molecule has 0 atom stereocenters. The van der Waals surface area contributed by atoms with Crippen molar-refractivity contribution >= 4 is 17.6 Å². The molecule has 0 bridgehead atoms. The Kier molecular flexibility index (Phi) is 5.14. The van der Waals surface area contributed by atoms with Gasteiger partial charge in [-0.2, -0.15) is 0 Å². The summed E-state index contributed by atoms with van der Waals surface area (Å²) in [4.78, 5) is 19.3. The van der Waals surface area contributed by atoms with Crippen LogP contribution in [0.4, 0.5) is 4.79 Å². The van der Waals surface area contributed by atoms with Crippen LogP contribution in [0.25, 0.3) is 11.3 Å². The average molecular weight is 368 g/mol. The number of imidazole rings is 1. The van der Waals surface area contributed by atoms with E-state index in [4.69, 9.17) is 11.6 Å². The van der Waals surface area contributed by atoms with Crippen molar-refractivity contribution in [3.8, 4) is 11.3 Å². The van der Waals surface area contributed by atoms with E-state index in [2.05, 4.69) is 4.98 Å². The van der Waals surface area contributed by atoms with Gasteiger partial charge in [0, 0.05) is 28.9 Å². The van der Waals surface area contributed by atoms with Gasteiger partial charge in [-0.05, 0) is 38.5 Å². The third-order valence-electron chi connectivity index (χ3n) is 4.17. The van der Waals surface area contributed by atoms with Crippen LogP contribution in [0, 0.1) is 0 Å². The van der Waals surface area contributed by atoms with Crippen molar-refractivity contribution < 1.29 is 4.79 Å². The number of carbonyl (C=O) groups is 1. The Morgan fingerprint density at radius 3 is 2.35 bits per heavy atom. The molecule has 3 rings (SSSR count). The highest BCUT2D eigenvalue weighted by Crippen LogP contribution is 2.22. The number of hydrogen-bond acceptors (Lipinski definition) is 2. The molecule has 0 spiro atoms. The van der Waals surface area contributed by atoms with Crippen LogP contribution >= 0.6 is 11.6 Å². The van der Waals surface area contributed by atoms with E-state index in [9.17, 15) is 4.79 Å². The van der Waals surface area contributed by atoms with Crippen LogP contribution in [0.1, 0.15) is 26.3 Å². The van der Waals surface area contributed by atoms with E-state index in [1.54, 1.807) is 12.5 Å². The van der Waals surface area contributed by atoms with Crippen molar-refractivity contribution in [3.63, 3.8) is 0 Å². The zero-order chi connectivity index (χ0) is 18.7. The molecule has 0 N–H and O–H groups in total. The number of halogens is 1. The van der Waals surface area contributed by atoms with Crippen molar-refractivity contribution in [2.24, 2.45) is 0 Å². The Bertz CT molecular complexity index is 880. The molecule has 0 fully saturated rings. The van der Waals surface area contributed by atoms with Gasteiger partial charge in [-0.1, -0.05) is 54.1 Å². The van der Waals surface area contributed by atoms with Gasteiger partial charge in [0.15, 0.2) is 0 Å². The predicted molar refractivity (Wildman–Crippen MR) is 105 cm³/mol. The second-order valence-electron chi connectivity index (χ2n) is 7.20. The number of carbonyl (C=O) groups excluding carboxylic acids is 1. The largest absolute Gasteiger partial charge is 0.330 e. The Labute approximate surface area is 159 Å². The van der Waals surface area contributed by atoms with Gasteiger partial charge < -0.3 is 4.90 Å². The van der Waals surface area contributed by atoms with Crippen molar-refractivity contribution in [2.45, 2.75) is 32.9 Å². The minimum absolute atomic E-state index is 0.103. The summed E-state index contributed by atoms with van der Waals surface area (Å²) in [5.74, 6) is 0. The molecule has 0 aliphatic carbocycles. The Hall–Kier alpha value is -2.59. The Balaban J connectivity index is 1.86. The summed E-state index contributed by atoms with van der Waals surface area (Å²) < 4.78 is 1.54. The lowest BCUT2D eigenvalue weighted by Gasteiger charge is -2.35. The third-order valence-corrected chi connectivity index (χ3v) is 4.42. The lowest BCUT2D eigenvalue weighted by Crippen LogP contribution is -2.46. The SMILES string of the molecule is CC(C)(C)N(Cc1ccccc1)C(=O)n1cnc(-c2ccc(Cl)cc2)c1. The van der Waals surface area contributed by atoms with E-state index in [0.717, 1.165) is 16.8 Å². The van der Waals surface area contributed by atoms with Crippen LogP contribution in [0.3, 0.4) is 0 Å². The second kappa shape index (κ2) is 7.34. The molecule has 3 aromatic rings. The van der Waals surface area contributed by atoms with Gasteiger partial charge in [-0.15, -0.1) is 0 Å². The minimum Gasteiger partial charge on any atom is -0.315 e. The summed E-state index contributed by atoms with van der Waals surface area (Å²) in [5, 5.41) is 0.672. The molecule has 0 aliphatic rings. The first-order chi connectivity index (χ1) is 12.3. The van der Waals surface area contributed by atoms with Crippen LogP contribution in [-0.4, -0.2) is 26.0 Å². The van der Waals surface area contributed by atoms with E-state index in [1.165, 1.54) is 4.57 Å². The summed E-state index contributed by atoms with van der Waals surface area (Å²) in [6, 6.07) is 17.3. The van der Waals surface area contributed by atoms with E-state index >= 15 is 0 Å². The number of benzene rings is 2. The summed E-state index contributed by atoms with van der Waals surface area (Å²) in [7, 11) is 0. The molecule has 4 nitrogen and oxygen atoms in total. The molecule has 0 radical (unpaired) electrons. The second-order valence-corrected chi connectivity index (χ2v) is 7.63. The number of rotatable bonds is 3. The molecular weight excluding hydrogens is 346 g/mol. The van der Waals surface area contributed by atoms with Crippen LogP contribution in [0.5, 0.6) is 0 Å². The van der Waals surface area contributed by atoms with Crippen molar-refractivity contribution in [2.75, 3.05) is 0 Å². The van der Waals surface area contributed by atoms with Crippen LogP contribution < -0.4 is 0 Å². The molecule has 0 unspecified atom stereocenters. The maximum atomic E-state index is 13.1. The lowest BCUT2D eigenvalue weighted by atomic mass is 10.1. The van der Waals surface area contributed by atoms with Gasteiger partial charge in [0.05, 0.1) is 5.69 Å². The normalized spacial score (nSPS) is 11.4. The topological polar surface area (TPSA) is 38.1 Å². The molecule has 0 saturated heterocycles. The summed E-state index contributed by atoms with van der Waals surface area (Å²) in [6.07, 6.45) is 3.32. The Morgan fingerprint density at radius 1 is 1.08 bits per heavy atom. The van der Waals surface area contributed by atoms with E-state index < -0.39 is 0 Å². The number of nitrogens with zero attached hydrogens (tertiary/aromatic N) is 3. The number of hydrogen-bond donors (Lipinski definition) is 0. The first-order valence-electron chi connectivity index (χ1n) is 8.50. The van der Waals surface area contributed by atoms with Crippen molar-refractivity contribution in [3.05, 3.63) is 77.7 Å². The van der Waals surface area contributed by atoms with Crippen molar-refractivity contribution in [1.29, 1.82) is 0 Å². The molecule has 1 amide bonds. The standard InChI is InChI=1S/C21H22ClN3O/c1-21(2,3)25(13-16-7-5-4-6-8-16)20(26)24-14-19(23-15-24)17-9-11-18(22)12-10-17/h4-12,14-15H,13H2,1-3H3. The maximum Gasteiger partial charge on any atom is 0.330 e. The molecule has 1 heterocycles. The van der Waals surface area contributed by atoms with Gasteiger partial charge in [0.2, 0.25) is 0 Å².